The number of benzene rings is 10. The van der Waals surface area contributed by atoms with Crippen LogP contribution in [0.3, 0.4) is 0 Å². The van der Waals surface area contributed by atoms with Gasteiger partial charge in [0.15, 0.2) is 0 Å². The van der Waals surface area contributed by atoms with E-state index in [4.69, 9.17) is 6.58 Å². The van der Waals surface area contributed by atoms with Crippen molar-refractivity contribution >= 4 is 61.2 Å². The molecule has 0 atom stereocenters. The Kier molecular flexibility index (Phi) is 10.0. The van der Waals surface area contributed by atoms with Crippen LogP contribution in [0.5, 0.6) is 0 Å². The van der Waals surface area contributed by atoms with E-state index >= 15 is 0 Å². The number of fused-ring (bicyclic) bond motifs is 12. The maximum Gasteiger partial charge on any atom is 0.0547 e. The minimum atomic E-state index is -0.579. The van der Waals surface area contributed by atoms with Crippen molar-refractivity contribution in [2.24, 2.45) is 0 Å². The monoisotopic (exact) mass is 924 g/mol. The molecule has 0 heterocycles. The molecule has 1 spiro atoms. The average Bonchev–Trinajstić information content (AvgIpc) is 3.68. The molecule has 10 aromatic rings. The fourth-order valence-electron chi connectivity index (χ4n) is 13.0. The third-order valence-corrected chi connectivity index (χ3v) is 16.3. The molecule has 0 saturated carbocycles. The Labute approximate surface area is 424 Å². The van der Waals surface area contributed by atoms with Gasteiger partial charge in [-0.05, 0) is 139 Å². The van der Waals surface area contributed by atoms with Crippen molar-refractivity contribution in [3.8, 4) is 11.1 Å². The van der Waals surface area contributed by atoms with Crippen LogP contribution in [0.4, 0.5) is 34.1 Å². The first-order chi connectivity index (χ1) is 35.2. The highest BCUT2D eigenvalue weighted by Crippen LogP contribution is 2.63. The van der Waals surface area contributed by atoms with E-state index in [-0.39, 0.29) is 5.41 Å². The van der Waals surface area contributed by atoms with Crippen LogP contribution in [-0.2, 0) is 16.2 Å². The Bertz CT molecular complexity index is 3810. The van der Waals surface area contributed by atoms with Crippen molar-refractivity contribution < 1.29 is 0 Å². The summed E-state index contributed by atoms with van der Waals surface area (Å²) < 4.78 is 0. The molecule has 346 valence electrons. The minimum absolute atomic E-state index is 0.226. The van der Waals surface area contributed by atoms with Gasteiger partial charge in [-0.15, -0.1) is 0 Å². The molecule has 72 heavy (non-hydrogen) atoms. The first kappa shape index (κ1) is 43.6. The van der Waals surface area contributed by atoms with Gasteiger partial charge in [-0.1, -0.05) is 216 Å². The van der Waals surface area contributed by atoms with Crippen LogP contribution in [0.15, 0.2) is 249 Å². The molecule has 0 saturated heterocycles. The predicted octanol–water partition coefficient (Wildman–Crippen LogP) is 18.7. The zero-order valence-electron chi connectivity index (χ0n) is 41.4. The molecule has 3 aliphatic rings. The minimum Gasteiger partial charge on any atom is -0.310 e. The predicted molar refractivity (Wildman–Crippen MR) is 305 cm³/mol. The van der Waals surface area contributed by atoms with Crippen molar-refractivity contribution in [3.05, 3.63) is 294 Å². The normalized spacial score (nSPS) is 16.3. The molecule has 13 rings (SSSR count). The van der Waals surface area contributed by atoms with E-state index in [2.05, 4.69) is 280 Å². The Morgan fingerprint density at radius 3 is 1.67 bits per heavy atom. The van der Waals surface area contributed by atoms with Crippen LogP contribution in [0.1, 0.15) is 78.6 Å². The summed E-state index contributed by atoms with van der Waals surface area (Å²) in [5, 5.41) is 4.83. The Morgan fingerprint density at radius 2 is 0.958 bits per heavy atom. The molecule has 0 aromatic heterocycles. The highest BCUT2D eigenvalue weighted by atomic mass is 15.2. The molecule has 0 bridgehead atoms. The number of rotatable bonds is 6. The van der Waals surface area contributed by atoms with Crippen molar-refractivity contribution in [3.63, 3.8) is 0 Å². The van der Waals surface area contributed by atoms with Crippen molar-refractivity contribution in [1.29, 1.82) is 0 Å². The molecule has 0 unspecified atom stereocenters. The van der Waals surface area contributed by atoms with E-state index in [1.165, 1.54) is 77.2 Å². The van der Waals surface area contributed by atoms with Crippen LogP contribution in [-0.4, -0.2) is 0 Å². The van der Waals surface area contributed by atoms with Crippen LogP contribution < -0.4 is 9.80 Å². The molecule has 2 heteroatoms. The van der Waals surface area contributed by atoms with E-state index < -0.39 is 10.8 Å². The lowest BCUT2D eigenvalue weighted by atomic mass is 9.54. The topological polar surface area (TPSA) is 6.48 Å². The van der Waals surface area contributed by atoms with Gasteiger partial charge >= 0.3 is 0 Å². The van der Waals surface area contributed by atoms with Crippen LogP contribution in [0, 0.1) is 0 Å². The first-order valence-corrected chi connectivity index (χ1v) is 25.4. The van der Waals surface area contributed by atoms with Crippen LogP contribution in [0.2, 0.25) is 0 Å². The fourth-order valence-corrected chi connectivity index (χ4v) is 13.0. The largest absolute Gasteiger partial charge is 0.310 e. The zero-order chi connectivity index (χ0) is 48.8. The molecule has 0 aliphatic heterocycles. The summed E-state index contributed by atoms with van der Waals surface area (Å²) in [6.45, 7) is 14.8. The number of anilines is 6. The number of para-hydroxylation sites is 2. The summed E-state index contributed by atoms with van der Waals surface area (Å²) in [6.07, 6.45) is 9.87. The lowest BCUT2D eigenvalue weighted by Gasteiger charge is -2.49. The first-order valence-electron chi connectivity index (χ1n) is 25.4. The standard InChI is InChI=1S/C70H56N2/c1-47-24-9-8-22-43-70(59-36-20-18-34-57(59)68(2,3)58-35-19-21-37-60(58)70)62-46-64(72(52-31-12-7-13-32-52)63-38-23-28-49-26-16-17-33-55(49)63)66-56-42-41-54(45-61(56)69(4,5)67(66)65(47)62)71(51-29-10-6-11-30-51)53-40-39-48-25-14-15-27-50(48)44-53/h6-42,44-46H,1,43H2,2-5H3/b22-8-,24-9-. The Hall–Kier alpha value is -8.46. The Balaban J connectivity index is 1.17. The lowest BCUT2D eigenvalue weighted by Crippen LogP contribution is -2.41. The molecule has 2 nitrogen and oxygen atoms in total. The molecule has 0 fully saturated rings. The summed E-state index contributed by atoms with van der Waals surface area (Å²) in [6, 6.07) is 81.3. The van der Waals surface area contributed by atoms with E-state index in [0.717, 1.165) is 46.1 Å². The van der Waals surface area contributed by atoms with Gasteiger partial charge in [-0.25, -0.2) is 0 Å². The summed E-state index contributed by atoms with van der Waals surface area (Å²) in [5.41, 5.74) is 19.4. The molecular formula is C70H56N2. The van der Waals surface area contributed by atoms with Gasteiger partial charge in [-0.3, -0.25) is 0 Å². The van der Waals surface area contributed by atoms with Crippen LogP contribution >= 0.6 is 0 Å². The van der Waals surface area contributed by atoms with Crippen LogP contribution in [0.25, 0.3) is 38.2 Å². The second-order valence-electron chi connectivity index (χ2n) is 20.9. The van der Waals surface area contributed by atoms with Gasteiger partial charge in [0, 0.05) is 49.9 Å². The molecular weight excluding hydrogens is 869 g/mol. The van der Waals surface area contributed by atoms with E-state index in [9.17, 15) is 0 Å². The third kappa shape index (κ3) is 6.48. The van der Waals surface area contributed by atoms with Gasteiger partial charge in [0.1, 0.15) is 0 Å². The van der Waals surface area contributed by atoms with Crippen molar-refractivity contribution in [2.75, 3.05) is 9.80 Å². The summed E-state index contributed by atoms with van der Waals surface area (Å²) in [7, 11) is 0. The summed E-state index contributed by atoms with van der Waals surface area (Å²) >= 11 is 0. The molecule has 0 amide bonds. The lowest BCUT2D eigenvalue weighted by molar-refractivity contribution is 0.516. The van der Waals surface area contributed by atoms with E-state index in [1.54, 1.807) is 0 Å². The molecule has 3 aliphatic carbocycles. The fraction of sp³-hybridized carbons (Fsp3) is 0.114. The van der Waals surface area contributed by atoms with E-state index in [0.29, 0.717) is 0 Å². The van der Waals surface area contributed by atoms with E-state index in [1.807, 2.05) is 0 Å². The Morgan fingerprint density at radius 1 is 0.389 bits per heavy atom. The van der Waals surface area contributed by atoms with Gasteiger partial charge in [0.05, 0.1) is 11.4 Å². The van der Waals surface area contributed by atoms with Gasteiger partial charge in [0.2, 0.25) is 0 Å². The summed E-state index contributed by atoms with van der Waals surface area (Å²) in [5.74, 6) is 0. The number of allylic oxidation sites excluding steroid dienone is 5. The highest BCUT2D eigenvalue weighted by molar-refractivity contribution is 6.05. The number of hydrogen-bond acceptors (Lipinski definition) is 2. The quantitative estimate of drug-likeness (QED) is 0.164. The van der Waals surface area contributed by atoms with Gasteiger partial charge < -0.3 is 9.80 Å². The smallest absolute Gasteiger partial charge is 0.0547 e. The third-order valence-electron chi connectivity index (χ3n) is 16.3. The van der Waals surface area contributed by atoms with Crippen molar-refractivity contribution in [1.82, 2.24) is 0 Å². The zero-order valence-corrected chi connectivity index (χ0v) is 41.4. The van der Waals surface area contributed by atoms with Crippen molar-refractivity contribution in [2.45, 2.75) is 50.4 Å². The number of nitrogens with zero attached hydrogens (tertiary/aromatic N) is 2. The second-order valence-corrected chi connectivity index (χ2v) is 20.9. The highest BCUT2D eigenvalue weighted by Gasteiger charge is 2.51. The molecule has 10 aromatic carbocycles. The average molecular weight is 925 g/mol. The van der Waals surface area contributed by atoms with Gasteiger partial charge in [-0.2, -0.15) is 0 Å². The second kappa shape index (κ2) is 16.6. The molecule has 0 radical (unpaired) electrons. The van der Waals surface area contributed by atoms with Gasteiger partial charge in [0.25, 0.3) is 0 Å². The summed E-state index contributed by atoms with van der Waals surface area (Å²) in [4.78, 5) is 4.99. The maximum absolute atomic E-state index is 5.06. The molecule has 0 N–H and O–H groups in total. The SMILES string of the molecule is C=C1/C=C\C=C/CC2(c3ccccc3C(C)(C)c3ccccc32)c2cc(N(c3ccccc3)c3cccc4ccccc34)c3c(c21)C(C)(C)c1cc(N(c2ccccc2)c2ccc4ccccc4c2)ccc1-3. The number of hydrogen-bond donors (Lipinski definition) is 0. The maximum atomic E-state index is 5.06.